The van der Waals surface area contributed by atoms with Crippen molar-refractivity contribution in [3.8, 4) is 0 Å². The summed E-state index contributed by atoms with van der Waals surface area (Å²) in [5, 5.41) is 23.4. The summed E-state index contributed by atoms with van der Waals surface area (Å²) in [4.78, 5) is 23.3. The lowest BCUT2D eigenvalue weighted by molar-refractivity contribution is -0.532. The van der Waals surface area contributed by atoms with Gasteiger partial charge in [-0.25, -0.2) is 0 Å². The number of Topliss-reactive ketones (excluding diaryl/α,β-unsaturated/α-hetero) is 1. The molecule has 0 saturated heterocycles. The van der Waals surface area contributed by atoms with E-state index < -0.39 is 11.6 Å². The fourth-order valence-electron chi connectivity index (χ4n) is 7.97. The van der Waals surface area contributed by atoms with Crippen molar-refractivity contribution in [2.75, 3.05) is 0 Å². The summed E-state index contributed by atoms with van der Waals surface area (Å²) in [5.41, 5.74) is -0.977. The van der Waals surface area contributed by atoms with Crippen LogP contribution in [0.4, 0.5) is 0 Å². The highest BCUT2D eigenvalue weighted by atomic mass is 16.6. The molecule has 5 heteroatoms. The Morgan fingerprint density at radius 1 is 1.12 bits per heavy atom. The second-order valence-electron chi connectivity index (χ2n) is 10.3. The Hall–Kier alpha value is -0.970. The molecule has 0 aliphatic heterocycles. The molecule has 0 bridgehead atoms. The minimum Gasteiger partial charge on any atom is -0.389 e. The first kappa shape index (κ1) is 18.4. The van der Waals surface area contributed by atoms with Gasteiger partial charge in [0.25, 0.3) is 0 Å². The van der Waals surface area contributed by atoms with Crippen molar-refractivity contribution in [1.29, 1.82) is 0 Å². The SMILES string of the molecule is C[C@H]([C@H]1CC[C@]2(O)[C@@H]3CC[C@@H]4CC(=O)CC[C@]4(C)[C@H]3CC[C@]12C)[N+](=O)[O-]. The molecule has 146 valence electrons. The predicted octanol–water partition coefficient (Wildman–Crippen LogP) is 3.99. The van der Waals surface area contributed by atoms with Crippen LogP contribution in [0.3, 0.4) is 0 Å². The average molecular weight is 363 g/mol. The third-order valence-corrected chi connectivity index (χ3v) is 9.65. The van der Waals surface area contributed by atoms with Crippen molar-refractivity contribution in [3.05, 3.63) is 10.1 Å². The monoisotopic (exact) mass is 363 g/mol. The van der Waals surface area contributed by atoms with E-state index in [1.54, 1.807) is 6.92 Å². The third-order valence-electron chi connectivity index (χ3n) is 9.65. The summed E-state index contributed by atoms with van der Waals surface area (Å²) in [7, 11) is 0. The van der Waals surface area contributed by atoms with Crippen molar-refractivity contribution in [3.63, 3.8) is 0 Å². The maximum Gasteiger partial charge on any atom is 0.213 e. The van der Waals surface area contributed by atoms with E-state index in [2.05, 4.69) is 13.8 Å². The average Bonchev–Trinajstić information content (AvgIpc) is 2.86. The first-order valence-corrected chi connectivity index (χ1v) is 10.5. The van der Waals surface area contributed by atoms with Crippen LogP contribution >= 0.6 is 0 Å². The van der Waals surface area contributed by atoms with Crippen LogP contribution in [-0.2, 0) is 4.79 Å². The third kappa shape index (κ3) is 2.22. The van der Waals surface area contributed by atoms with Crippen LogP contribution in [0, 0.1) is 44.6 Å². The number of aliphatic hydroxyl groups is 1. The Labute approximate surface area is 156 Å². The molecule has 0 unspecified atom stereocenters. The van der Waals surface area contributed by atoms with Crippen LogP contribution in [0.15, 0.2) is 0 Å². The topological polar surface area (TPSA) is 80.4 Å². The van der Waals surface area contributed by atoms with Crippen LogP contribution in [0.2, 0.25) is 0 Å². The molecule has 0 aromatic rings. The van der Waals surface area contributed by atoms with Gasteiger partial charge in [0.2, 0.25) is 6.04 Å². The van der Waals surface area contributed by atoms with Crippen LogP contribution in [0.5, 0.6) is 0 Å². The summed E-state index contributed by atoms with van der Waals surface area (Å²) < 4.78 is 0. The highest BCUT2D eigenvalue weighted by molar-refractivity contribution is 5.79. The second-order valence-corrected chi connectivity index (χ2v) is 10.3. The number of hydrogen-bond acceptors (Lipinski definition) is 4. The van der Waals surface area contributed by atoms with Gasteiger partial charge in [0, 0.05) is 36.0 Å². The predicted molar refractivity (Wildman–Crippen MR) is 98.1 cm³/mol. The standard InChI is InChI=1S/C21H33NO4/c1-13(22(25)26)16-8-11-21(24)18-5-4-14-12-15(23)6-9-19(14,2)17(18)7-10-20(16,21)3/h13-14,16-18,24H,4-12H2,1-3H3/t13-,14-,16-,17+,18-,19+,20-,21+/m1/s1. The summed E-state index contributed by atoms with van der Waals surface area (Å²) in [6.45, 7) is 6.21. The fraction of sp³-hybridized carbons (Fsp3) is 0.952. The molecule has 4 aliphatic carbocycles. The molecule has 26 heavy (non-hydrogen) atoms. The molecular formula is C21H33NO4. The normalized spacial score (nSPS) is 51.9. The molecular weight excluding hydrogens is 330 g/mol. The molecule has 0 radical (unpaired) electrons. The van der Waals surface area contributed by atoms with Crippen molar-refractivity contribution >= 4 is 5.78 Å². The highest BCUT2D eigenvalue weighted by Crippen LogP contribution is 2.69. The number of fused-ring (bicyclic) bond motifs is 5. The van der Waals surface area contributed by atoms with Gasteiger partial charge in [-0.05, 0) is 68.1 Å². The molecule has 4 saturated carbocycles. The Bertz CT molecular complexity index is 636. The van der Waals surface area contributed by atoms with Gasteiger partial charge in [-0.1, -0.05) is 13.8 Å². The van der Waals surface area contributed by atoms with Gasteiger partial charge >= 0.3 is 0 Å². The Morgan fingerprint density at radius 2 is 1.85 bits per heavy atom. The number of carbonyl (C=O) groups is 1. The minimum absolute atomic E-state index is 0.0399. The van der Waals surface area contributed by atoms with Crippen LogP contribution in [0.1, 0.15) is 78.6 Å². The molecule has 0 heterocycles. The number of ketones is 1. The lowest BCUT2D eigenvalue weighted by Gasteiger charge is -2.63. The largest absolute Gasteiger partial charge is 0.389 e. The number of nitro groups is 1. The van der Waals surface area contributed by atoms with Crippen molar-refractivity contribution in [2.24, 2.45) is 34.5 Å². The quantitative estimate of drug-likeness (QED) is 0.594. The van der Waals surface area contributed by atoms with E-state index in [1.165, 1.54) is 0 Å². The van der Waals surface area contributed by atoms with Crippen molar-refractivity contribution in [2.45, 2.75) is 90.2 Å². The van der Waals surface area contributed by atoms with Crippen LogP contribution in [0.25, 0.3) is 0 Å². The van der Waals surface area contributed by atoms with Gasteiger partial charge in [-0.3, -0.25) is 14.9 Å². The smallest absolute Gasteiger partial charge is 0.213 e. The van der Waals surface area contributed by atoms with E-state index in [0.717, 1.165) is 44.9 Å². The van der Waals surface area contributed by atoms with E-state index >= 15 is 0 Å². The van der Waals surface area contributed by atoms with E-state index in [1.807, 2.05) is 0 Å². The van der Waals surface area contributed by atoms with Crippen LogP contribution in [-0.4, -0.2) is 27.5 Å². The molecule has 4 aliphatic rings. The molecule has 0 aromatic heterocycles. The Balaban J connectivity index is 1.66. The van der Waals surface area contributed by atoms with Gasteiger partial charge in [-0.15, -0.1) is 0 Å². The Kier molecular flexibility index (Phi) is 4.08. The zero-order valence-corrected chi connectivity index (χ0v) is 16.4. The maximum absolute atomic E-state index is 12.0. The second kappa shape index (κ2) is 5.76. The zero-order valence-electron chi connectivity index (χ0n) is 16.4. The van der Waals surface area contributed by atoms with Gasteiger partial charge in [0.05, 0.1) is 5.60 Å². The van der Waals surface area contributed by atoms with E-state index in [4.69, 9.17) is 0 Å². The van der Waals surface area contributed by atoms with Gasteiger partial charge < -0.3 is 5.11 Å². The van der Waals surface area contributed by atoms with Crippen molar-refractivity contribution in [1.82, 2.24) is 0 Å². The lowest BCUT2D eigenvalue weighted by Crippen LogP contribution is -2.62. The molecule has 0 aromatic carbocycles. The minimum atomic E-state index is -0.777. The van der Waals surface area contributed by atoms with Crippen LogP contribution < -0.4 is 0 Å². The molecule has 4 rings (SSSR count). The summed E-state index contributed by atoms with van der Waals surface area (Å²) in [5.74, 6) is 1.53. The molecule has 1 N–H and O–H groups in total. The van der Waals surface area contributed by atoms with Gasteiger partial charge in [0.15, 0.2) is 0 Å². The molecule has 0 amide bonds. The van der Waals surface area contributed by atoms with E-state index in [-0.39, 0.29) is 27.6 Å². The number of carbonyl (C=O) groups excluding carboxylic acids is 1. The molecule has 4 fully saturated rings. The van der Waals surface area contributed by atoms with E-state index in [9.17, 15) is 20.0 Å². The van der Waals surface area contributed by atoms with Gasteiger partial charge in [0.1, 0.15) is 5.78 Å². The maximum atomic E-state index is 12.0. The number of nitrogens with zero attached hydrogens (tertiary/aromatic N) is 1. The molecule has 0 spiro atoms. The molecule has 5 nitrogen and oxygen atoms in total. The fourth-order valence-corrected chi connectivity index (χ4v) is 7.97. The van der Waals surface area contributed by atoms with Crippen molar-refractivity contribution < 1.29 is 14.8 Å². The first-order valence-electron chi connectivity index (χ1n) is 10.5. The summed E-state index contributed by atoms with van der Waals surface area (Å²) in [6, 6.07) is -0.593. The number of rotatable bonds is 2. The Morgan fingerprint density at radius 3 is 2.54 bits per heavy atom. The number of hydrogen-bond donors (Lipinski definition) is 1. The lowest BCUT2D eigenvalue weighted by atomic mass is 9.43. The zero-order chi connectivity index (χ0) is 18.9. The molecule has 8 atom stereocenters. The van der Waals surface area contributed by atoms with Gasteiger partial charge in [-0.2, -0.15) is 0 Å². The summed E-state index contributed by atoms with van der Waals surface area (Å²) >= 11 is 0. The van der Waals surface area contributed by atoms with E-state index in [0.29, 0.717) is 30.5 Å². The highest BCUT2D eigenvalue weighted by Gasteiger charge is 2.68. The summed E-state index contributed by atoms with van der Waals surface area (Å²) in [6.07, 6.45) is 7.75. The first-order chi connectivity index (χ1) is 12.1.